The third-order valence-corrected chi connectivity index (χ3v) is 6.17. The number of benzene rings is 2. The molecular formula is C29H28F8O3. The predicted octanol–water partition coefficient (Wildman–Crippen LogP) is 9.16. The quantitative estimate of drug-likeness (QED) is 0.0878. The zero-order chi connectivity index (χ0) is 29.4. The Labute approximate surface area is 226 Å². The molecule has 3 nitrogen and oxygen atoms in total. The third-order valence-electron chi connectivity index (χ3n) is 6.17. The van der Waals surface area contributed by atoms with Gasteiger partial charge < -0.3 is 14.2 Å². The Morgan fingerprint density at radius 1 is 0.950 bits per heavy atom. The van der Waals surface area contributed by atoms with Crippen LogP contribution >= 0.6 is 0 Å². The third kappa shape index (κ3) is 7.72. The van der Waals surface area contributed by atoms with Crippen LogP contribution in [0, 0.1) is 35.0 Å². The summed E-state index contributed by atoms with van der Waals surface area (Å²) in [6, 6.07) is 2.35. The summed E-state index contributed by atoms with van der Waals surface area (Å²) >= 11 is 0. The number of unbranched alkanes of at least 4 members (excludes halogenated alkanes) is 2. The Hall–Kier alpha value is -3.18. The molecule has 0 aromatic heterocycles. The molecule has 0 aliphatic carbocycles. The van der Waals surface area contributed by atoms with Crippen molar-refractivity contribution < 1.29 is 49.3 Å². The first kappa shape index (κ1) is 31.3. The van der Waals surface area contributed by atoms with E-state index in [0.717, 1.165) is 43.9 Å². The van der Waals surface area contributed by atoms with Crippen molar-refractivity contribution in [3.8, 4) is 0 Å². The lowest BCUT2D eigenvalue weighted by Crippen LogP contribution is -2.27. The van der Waals surface area contributed by atoms with Gasteiger partial charge in [-0.05, 0) is 55.3 Å². The molecular weight excluding hydrogens is 548 g/mol. The highest BCUT2D eigenvalue weighted by Crippen LogP contribution is 2.37. The molecule has 1 saturated heterocycles. The molecule has 0 atom stereocenters. The Kier molecular flexibility index (Phi) is 10.9. The molecule has 0 unspecified atom stereocenters. The van der Waals surface area contributed by atoms with Gasteiger partial charge in [-0.1, -0.05) is 32.3 Å². The monoisotopic (exact) mass is 576 g/mol. The van der Waals surface area contributed by atoms with Crippen LogP contribution in [0.25, 0.3) is 5.57 Å². The van der Waals surface area contributed by atoms with E-state index in [4.69, 9.17) is 9.47 Å². The van der Waals surface area contributed by atoms with Gasteiger partial charge in [0.2, 0.25) is 0 Å². The average Bonchev–Trinajstić information content (AvgIpc) is 2.91. The van der Waals surface area contributed by atoms with Gasteiger partial charge >= 0.3 is 6.11 Å². The summed E-state index contributed by atoms with van der Waals surface area (Å²) in [6.07, 6.45) is 1.10. The van der Waals surface area contributed by atoms with Crippen molar-refractivity contribution in [3.63, 3.8) is 0 Å². The highest BCUT2D eigenvalue weighted by Gasteiger charge is 2.40. The van der Waals surface area contributed by atoms with Gasteiger partial charge in [-0.2, -0.15) is 8.78 Å². The highest BCUT2D eigenvalue weighted by molar-refractivity contribution is 5.78. The second-order valence-electron chi connectivity index (χ2n) is 9.15. The van der Waals surface area contributed by atoms with Gasteiger partial charge in [0.1, 0.15) is 23.0 Å². The largest absolute Gasteiger partial charge is 0.437 e. The number of ether oxygens (including phenoxy) is 3. The van der Waals surface area contributed by atoms with Gasteiger partial charge in [0, 0.05) is 17.1 Å². The average molecular weight is 577 g/mol. The molecule has 0 spiro atoms. The fourth-order valence-corrected chi connectivity index (χ4v) is 4.09. The molecule has 0 bridgehead atoms. The summed E-state index contributed by atoms with van der Waals surface area (Å²) in [6.45, 7) is 3.91. The minimum Gasteiger partial charge on any atom is -0.437 e. The summed E-state index contributed by atoms with van der Waals surface area (Å²) in [5.41, 5.74) is -2.73. The van der Waals surface area contributed by atoms with Gasteiger partial charge in [0.25, 0.3) is 0 Å². The zero-order valence-corrected chi connectivity index (χ0v) is 21.8. The molecule has 0 N–H and O–H groups in total. The molecule has 3 rings (SSSR count). The van der Waals surface area contributed by atoms with Crippen LogP contribution in [0.15, 0.2) is 54.6 Å². The van der Waals surface area contributed by atoms with Gasteiger partial charge in [-0.25, -0.2) is 26.3 Å². The number of hydrogen-bond donors (Lipinski definition) is 0. The van der Waals surface area contributed by atoms with E-state index in [1.165, 1.54) is 6.92 Å². The Bertz CT molecular complexity index is 1220. The van der Waals surface area contributed by atoms with Crippen molar-refractivity contribution in [1.29, 1.82) is 0 Å². The van der Waals surface area contributed by atoms with Crippen molar-refractivity contribution >= 4 is 5.57 Å². The number of rotatable bonds is 11. The van der Waals surface area contributed by atoms with Crippen molar-refractivity contribution in [2.45, 2.75) is 51.9 Å². The molecule has 1 aliphatic heterocycles. The summed E-state index contributed by atoms with van der Waals surface area (Å²) < 4.78 is 129. The Morgan fingerprint density at radius 2 is 1.55 bits per heavy atom. The number of halogens is 8. The van der Waals surface area contributed by atoms with Crippen LogP contribution < -0.4 is 0 Å². The SMILES string of the molecule is C\C=C(F)/C(=C\C=C\OC(F)(F)c1c(F)cc(C2OCC(CCCCC)CO2)cc1F)c1cc(F)c(F)c(F)c1. The minimum absolute atomic E-state index is 0.120. The summed E-state index contributed by atoms with van der Waals surface area (Å²) in [7, 11) is 0. The molecule has 0 radical (unpaired) electrons. The maximum atomic E-state index is 14.7. The normalized spacial score (nSPS) is 18.9. The van der Waals surface area contributed by atoms with Crippen LogP contribution in [0.1, 0.15) is 62.5 Å². The lowest BCUT2D eigenvalue weighted by molar-refractivity contribution is -0.218. The fraction of sp³-hybridized carbons (Fsp3) is 0.379. The van der Waals surface area contributed by atoms with Crippen LogP contribution in [-0.4, -0.2) is 13.2 Å². The van der Waals surface area contributed by atoms with Crippen LogP contribution in [-0.2, 0) is 20.3 Å². The highest BCUT2D eigenvalue weighted by atomic mass is 19.3. The maximum absolute atomic E-state index is 14.7. The molecule has 1 heterocycles. The lowest BCUT2D eigenvalue weighted by atomic mass is 10.0. The van der Waals surface area contributed by atoms with E-state index in [9.17, 15) is 35.1 Å². The first-order valence-corrected chi connectivity index (χ1v) is 12.6. The van der Waals surface area contributed by atoms with E-state index >= 15 is 0 Å². The summed E-state index contributed by atoms with van der Waals surface area (Å²) in [5.74, 6) is -9.08. The second kappa shape index (κ2) is 13.9. The van der Waals surface area contributed by atoms with Crippen LogP contribution in [0.5, 0.6) is 0 Å². The van der Waals surface area contributed by atoms with E-state index in [-0.39, 0.29) is 11.5 Å². The maximum Gasteiger partial charge on any atom is 0.431 e. The number of hydrogen-bond acceptors (Lipinski definition) is 3. The first-order valence-electron chi connectivity index (χ1n) is 12.6. The van der Waals surface area contributed by atoms with Crippen LogP contribution in [0.3, 0.4) is 0 Å². The molecule has 218 valence electrons. The van der Waals surface area contributed by atoms with E-state index in [0.29, 0.717) is 43.7 Å². The second-order valence-corrected chi connectivity index (χ2v) is 9.15. The van der Waals surface area contributed by atoms with Crippen molar-refractivity contribution in [1.82, 2.24) is 0 Å². The summed E-state index contributed by atoms with van der Waals surface area (Å²) in [4.78, 5) is 0. The molecule has 40 heavy (non-hydrogen) atoms. The predicted molar refractivity (Wildman–Crippen MR) is 132 cm³/mol. The van der Waals surface area contributed by atoms with Gasteiger partial charge in [-0.15, -0.1) is 0 Å². The first-order chi connectivity index (χ1) is 19.0. The van der Waals surface area contributed by atoms with Crippen LogP contribution in [0.4, 0.5) is 35.1 Å². The van der Waals surface area contributed by atoms with E-state index in [1.807, 2.05) is 0 Å². The van der Waals surface area contributed by atoms with E-state index in [1.54, 1.807) is 0 Å². The van der Waals surface area contributed by atoms with Crippen molar-refractivity contribution in [3.05, 3.63) is 100 Å². The molecule has 1 fully saturated rings. The van der Waals surface area contributed by atoms with E-state index < -0.39 is 64.0 Å². The van der Waals surface area contributed by atoms with Gasteiger partial charge in [-0.3, -0.25) is 0 Å². The van der Waals surface area contributed by atoms with Gasteiger partial charge in [0.15, 0.2) is 23.7 Å². The zero-order valence-electron chi connectivity index (χ0n) is 21.8. The minimum atomic E-state index is -4.50. The summed E-state index contributed by atoms with van der Waals surface area (Å²) in [5, 5.41) is 0. The fourth-order valence-electron chi connectivity index (χ4n) is 4.09. The van der Waals surface area contributed by atoms with Crippen molar-refractivity contribution in [2.24, 2.45) is 5.92 Å². The molecule has 0 saturated carbocycles. The Morgan fingerprint density at radius 3 is 2.10 bits per heavy atom. The Balaban J connectivity index is 1.74. The molecule has 2 aromatic rings. The molecule has 1 aliphatic rings. The molecule has 11 heteroatoms. The standard InChI is InChI=1S/C29H28F8O3/c1-3-5-6-8-17-15-38-28(39-16-17)19-13-22(31)26(23(32)14-19)29(36,37)40-10-7-9-20(21(30)4-2)18-11-24(33)27(35)25(34)12-18/h4,7,9-14,17,28H,3,5-6,8,15-16H2,1-2H3/b10-7+,20-9-,21-4+. The number of allylic oxidation sites excluding steroid dienone is 5. The van der Waals surface area contributed by atoms with Crippen molar-refractivity contribution in [2.75, 3.05) is 13.2 Å². The van der Waals surface area contributed by atoms with E-state index in [2.05, 4.69) is 11.7 Å². The topological polar surface area (TPSA) is 27.7 Å². The lowest BCUT2D eigenvalue weighted by Gasteiger charge is -2.30. The molecule has 0 amide bonds. The van der Waals surface area contributed by atoms with Crippen LogP contribution in [0.2, 0.25) is 0 Å². The van der Waals surface area contributed by atoms with Gasteiger partial charge in [0.05, 0.1) is 19.5 Å². The molecule has 2 aromatic carbocycles. The number of alkyl halides is 2. The smallest absolute Gasteiger partial charge is 0.431 e.